The molecule has 5 nitrogen and oxygen atoms in total. The lowest BCUT2D eigenvalue weighted by Crippen LogP contribution is -2.31. The first kappa shape index (κ1) is 22.3. The second kappa shape index (κ2) is 8.94. The highest BCUT2D eigenvalue weighted by Crippen LogP contribution is 2.44. The fourth-order valence-electron chi connectivity index (χ4n) is 4.48. The Morgan fingerprint density at radius 3 is 2.18 bits per heavy atom. The van der Waals surface area contributed by atoms with Crippen molar-refractivity contribution in [3.8, 4) is 5.75 Å². The molecule has 5 heteroatoms. The van der Waals surface area contributed by atoms with Gasteiger partial charge in [-0.05, 0) is 46.9 Å². The SMILES string of the molecule is COC(=O)c1c(OC(C)=O)ccc2c1C=CC(c1ccccc1)(c1ccc(N(C)C)cc1)C2. The molecular weight excluding hydrogens is 414 g/mol. The van der Waals surface area contributed by atoms with E-state index in [-0.39, 0.29) is 11.3 Å². The van der Waals surface area contributed by atoms with Gasteiger partial charge in [0, 0.05) is 32.1 Å². The summed E-state index contributed by atoms with van der Waals surface area (Å²) in [6.45, 7) is 1.31. The number of ether oxygens (including phenoxy) is 2. The van der Waals surface area contributed by atoms with Crippen molar-refractivity contribution in [3.05, 3.63) is 101 Å². The van der Waals surface area contributed by atoms with Gasteiger partial charge in [-0.1, -0.05) is 60.7 Å². The lowest BCUT2D eigenvalue weighted by atomic mass is 9.67. The van der Waals surface area contributed by atoms with Crippen LogP contribution in [-0.2, 0) is 21.4 Å². The zero-order chi connectivity index (χ0) is 23.6. The van der Waals surface area contributed by atoms with E-state index in [1.54, 1.807) is 6.07 Å². The van der Waals surface area contributed by atoms with Crippen LogP contribution < -0.4 is 9.64 Å². The monoisotopic (exact) mass is 441 g/mol. The average molecular weight is 442 g/mol. The number of carbonyl (C=O) groups excluding carboxylic acids is 2. The Morgan fingerprint density at radius 2 is 1.58 bits per heavy atom. The summed E-state index contributed by atoms with van der Waals surface area (Å²) < 4.78 is 10.3. The summed E-state index contributed by atoms with van der Waals surface area (Å²) in [5.74, 6) is -0.810. The van der Waals surface area contributed by atoms with Crippen LogP contribution in [0.3, 0.4) is 0 Å². The van der Waals surface area contributed by atoms with Gasteiger partial charge in [0.2, 0.25) is 0 Å². The minimum atomic E-state index is -0.532. The number of hydrogen-bond acceptors (Lipinski definition) is 5. The predicted molar refractivity (Wildman–Crippen MR) is 130 cm³/mol. The number of hydrogen-bond donors (Lipinski definition) is 0. The number of methoxy groups -OCH3 is 1. The lowest BCUT2D eigenvalue weighted by Gasteiger charge is -2.36. The van der Waals surface area contributed by atoms with Crippen LogP contribution >= 0.6 is 0 Å². The van der Waals surface area contributed by atoms with Gasteiger partial charge in [-0.2, -0.15) is 0 Å². The Morgan fingerprint density at radius 1 is 0.909 bits per heavy atom. The molecule has 0 N–H and O–H groups in total. The molecule has 0 saturated heterocycles. The van der Waals surface area contributed by atoms with Crippen LogP contribution in [0, 0.1) is 0 Å². The third-order valence-electron chi connectivity index (χ3n) is 6.13. The normalized spacial score (nSPS) is 16.6. The predicted octanol–water partition coefficient (Wildman–Crippen LogP) is 5.02. The maximum absolute atomic E-state index is 12.6. The van der Waals surface area contributed by atoms with E-state index in [9.17, 15) is 9.59 Å². The van der Waals surface area contributed by atoms with Crippen molar-refractivity contribution in [1.82, 2.24) is 0 Å². The molecule has 1 aliphatic carbocycles. The third-order valence-corrected chi connectivity index (χ3v) is 6.13. The molecule has 1 aliphatic rings. The van der Waals surface area contributed by atoms with Crippen molar-refractivity contribution in [2.45, 2.75) is 18.8 Å². The fraction of sp³-hybridized carbons (Fsp3) is 0.214. The highest BCUT2D eigenvalue weighted by atomic mass is 16.5. The van der Waals surface area contributed by atoms with E-state index in [1.807, 2.05) is 44.4 Å². The van der Waals surface area contributed by atoms with Crippen LogP contribution in [-0.4, -0.2) is 33.1 Å². The smallest absolute Gasteiger partial charge is 0.342 e. The van der Waals surface area contributed by atoms with E-state index >= 15 is 0 Å². The Hall–Kier alpha value is -3.86. The maximum Gasteiger partial charge on any atom is 0.342 e. The summed E-state index contributed by atoms with van der Waals surface area (Å²) in [4.78, 5) is 26.3. The molecular formula is C28H27NO4. The second-order valence-electron chi connectivity index (χ2n) is 8.39. The van der Waals surface area contributed by atoms with Crippen LogP contribution in [0.5, 0.6) is 5.75 Å². The van der Waals surface area contributed by atoms with Crippen molar-refractivity contribution in [2.24, 2.45) is 0 Å². The van der Waals surface area contributed by atoms with Crippen LogP contribution in [0.25, 0.3) is 6.08 Å². The Bertz CT molecular complexity index is 1210. The molecule has 0 heterocycles. The molecule has 0 spiro atoms. The summed E-state index contributed by atoms with van der Waals surface area (Å²) in [6.07, 6.45) is 4.73. The number of allylic oxidation sites excluding steroid dienone is 1. The molecule has 0 aliphatic heterocycles. The van der Waals surface area contributed by atoms with Gasteiger partial charge in [0.25, 0.3) is 0 Å². The number of anilines is 1. The Kier molecular flexibility index (Phi) is 6.05. The molecule has 168 valence electrons. The first-order valence-corrected chi connectivity index (χ1v) is 10.8. The topological polar surface area (TPSA) is 55.8 Å². The van der Waals surface area contributed by atoms with Gasteiger partial charge < -0.3 is 14.4 Å². The van der Waals surface area contributed by atoms with E-state index < -0.39 is 17.4 Å². The highest BCUT2D eigenvalue weighted by molar-refractivity contribution is 5.98. The van der Waals surface area contributed by atoms with Gasteiger partial charge in [-0.15, -0.1) is 0 Å². The summed E-state index contributed by atoms with van der Waals surface area (Å²) in [5.41, 5.74) is 5.01. The van der Waals surface area contributed by atoms with E-state index in [0.29, 0.717) is 6.42 Å². The van der Waals surface area contributed by atoms with Crippen LogP contribution in [0.1, 0.15) is 39.5 Å². The van der Waals surface area contributed by atoms with E-state index in [4.69, 9.17) is 9.47 Å². The number of fused-ring (bicyclic) bond motifs is 1. The van der Waals surface area contributed by atoms with Crippen molar-refractivity contribution >= 4 is 23.7 Å². The second-order valence-corrected chi connectivity index (χ2v) is 8.39. The summed E-state index contributed by atoms with van der Waals surface area (Å²) in [7, 11) is 5.37. The summed E-state index contributed by atoms with van der Waals surface area (Å²) in [5, 5.41) is 0. The van der Waals surface area contributed by atoms with Crippen LogP contribution in [0.15, 0.2) is 72.8 Å². The fourth-order valence-corrected chi connectivity index (χ4v) is 4.48. The van der Waals surface area contributed by atoms with E-state index in [2.05, 4.69) is 47.4 Å². The quantitative estimate of drug-likeness (QED) is 0.411. The molecule has 1 unspecified atom stereocenters. The molecule has 0 saturated carbocycles. The average Bonchev–Trinajstić information content (AvgIpc) is 2.83. The largest absolute Gasteiger partial charge is 0.465 e. The molecule has 1 atom stereocenters. The molecule has 3 aromatic rings. The minimum absolute atomic E-state index is 0.209. The number of esters is 2. The Balaban J connectivity index is 1.89. The number of nitrogens with zero attached hydrogens (tertiary/aromatic N) is 1. The summed E-state index contributed by atoms with van der Waals surface area (Å²) >= 11 is 0. The Labute approximate surface area is 194 Å². The number of rotatable bonds is 5. The van der Waals surface area contributed by atoms with E-state index in [0.717, 1.165) is 27.9 Å². The highest BCUT2D eigenvalue weighted by Gasteiger charge is 2.36. The zero-order valence-corrected chi connectivity index (χ0v) is 19.3. The van der Waals surface area contributed by atoms with Crippen LogP contribution in [0.4, 0.5) is 5.69 Å². The van der Waals surface area contributed by atoms with Gasteiger partial charge in [0.15, 0.2) is 0 Å². The molecule has 0 amide bonds. The first-order valence-electron chi connectivity index (χ1n) is 10.8. The third kappa shape index (κ3) is 4.14. The molecule has 0 fully saturated rings. The lowest BCUT2D eigenvalue weighted by molar-refractivity contribution is -0.131. The molecule has 0 radical (unpaired) electrons. The summed E-state index contributed by atoms with van der Waals surface area (Å²) in [6, 6.07) is 22.5. The molecule has 3 aromatic carbocycles. The molecule has 33 heavy (non-hydrogen) atoms. The minimum Gasteiger partial charge on any atom is -0.465 e. The van der Waals surface area contributed by atoms with Crippen molar-refractivity contribution in [2.75, 3.05) is 26.1 Å². The number of benzene rings is 3. The zero-order valence-electron chi connectivity index (χ0n) is 19.3. The van der Waals surface area contributed by atoms with Crippen LogP contribution in [0.2, 0.25) is 0 Å². The molecule has 0 aromatic heterocycles. The maximum atomic E-state index is 12.6. The van der Waals surface area contributed by atoms with Crippen molar-refractivity contribution in [3.63, 3.8) is 0 Å². The van der Waals surface area contributed by atoms with Gasteiger partial charge >= 0.3 is 11.9 Å². The number of carbonyl (C=O) groups is 2. The standard InChI is InChI=1S/C28H27NO4/c1-19(30)33-25-15-10-20-18-28(21-8-6-5-7-9-21,17-16-24(20)26(25)27(31)32-4)22-11-13-23(14-12-22)29(2)3/h5-17H,18H2,1-4H3. The van der Waals surface area contributed by atoms with Gasteiger partial charge in [-0.25, -0.2) is 4.79 Å². The first-order chi connectivity index (χ1) is 15.9. The van der Waals surface area contributed by atoms with Crippen molar-refractivity contribution < 1.29 is 19.1 Å². The van der Waals surface area contributed by atoms with Crippen molar-refractivity contribution in [1.29, 1.82) is 0 Å². The molecule has 0 bridgehead atoms. The molecule has 4 rings (SSSR count). The van der Waals surface area contributed by atoms with E-state index in [1.165, 1.54) is 14.0 Å². The van der Waals surface area contributed by atoms with Gasteiger partial charge in [0.1, 0.15) is 11.3 Å². The van der Waals surface area contributed by atoms with Gasteiger partial charge in [-0.3, -0.25) is 4.79 Å². The van der Waals surface area contributed by atoms with Gasteiger partial charge in [0.05, 0.1) is 7.11 Å².